The van der Waals surface area contributed by atoms with Crippen LogP contribution in [0.4, 0.5) is 13.2 Å². The number of rotatable bonds is 3. The third-order valence-electron chi connectivity index (χ3n) is 3.22. The van der Waals surface area contributed by atoms with Gasteiger partial charge in [0.05, 0.1) is 0 Å². The van der Waals surface area contributed by atoms with Gasteiger partial charge >= 0.3 is 11.5 Å². The Morgan fingerprint density at radius 2 is 1.59 bits per heavy atom. The largest absolute Gasteiger partial charge is 0.493 e. The topological polar surface area (TPSA) is 97.2 Å². The molecule has 3 aromatic rings. The van der Waals surface area contributed by atoms with Crippen molar-refractivity contribution < 1.29 is 51.6 Å². The molecular formula is C18H12F3IrN2O4S-. The quantitative estimate of drug-likeness (QED) is 0.461. The van der Waals surface area contributed by atoms with Gasteiger partial charge in [0.1, 0.15) is 5.69 Å². The summed E-state index contributed by atoms with van der Waals surface area (Å²) >= 11 is 0. The van der Waals surface area contributed by atoms with Crippen LogP contribution < -0.4 is 0 Å². The van der Waals surface area contributed by atoms with Gasteiger partial charge in [-0.05, 0) is 28.8 Å². The van der Waals surface area contributed by atoms with Crippen molar-refractivity contribution in [1.29, 1.82) is 0 Å². The van der Waals surface area contributed by atoms with E-state index in [0.29, 0.717) is 11.3 Å². The van der Waals surface area contributed by atoms with Gasteiger partial charge in [0.15, 0.2) is 0 Å². The smallest absolute Gasteiger partial charge is 0.477 e. The Labute approximate surface area is 177 Å². The van der Waals surface area contributed by atoms with Gasteiger partial charge < -0.3 is 10.1 Å². The maximum absolute atomic E-state index is 12.3. The average Bonchev–Trinajstić information content (AvgIpc) is 2.69. The summed E-state index contributed by atoms with van der Waals surface area (Å²) in [5.41, 5.74) is -4.31. The van der Waals surface area contributed by atoms with E-state index in [1.165, 1.54) is 24.5 Å². The van der Waals surface area contributed by atoms with Crippen molar-refractivity contribution >= 4 is 15.8 Å². The zero-order chi connectivity index (χ0) is 20.8. The van der Waals surface area contributed by atoms with Crippen molar-refractivity contribution in [3.63, 3.8) is 0 Å². The Kier molecular flexibility index (Phi) is 8.62. The van der Waals surface area contributed by atoms with Crippen molar-refractivity contribution in [3.8, 4) is 11.3 Å². The molecule has 1 radical (unpaired) electrons. The Morgan fingerprint density at radius 3 is 1.97 bits per heavy atom. The summed E-state index contributed by atoms with van der Waals surface area (Å²) in [7, 11) is -5.33. The van der Waals surface area contributed by atoms with Gasteiger partial charge in [0, 0.05) is 32.5 Å². The first-order chi connectivity index (χ1) is 13.1. The predicted molar refractivity (Wildman–Crippen MR) is 92.9 cm³/mol. The fraction of sp³-hybridized carbons (Fsp3) is 0.0556. The maximum Gasteiger partial charge on any atom is 0.493 e. The number of benzene rings is 1. The SMILES string of the molecule is O=C(O)c1ccccn1.O=S(=O)(c1c[c-]c(-c2ccccn2)cc1)C(F)(F)F.[Ir]. The molecule has 0 aliphatic carbocycles. The molecule has 155 valence electrons. The van der Waals surface area contributed by atoms with Gasteiger partial charge in [0.25, 0.3) is 0 Å². The van der Waals surface area contributed by atoms with Crippen molar-refractivity contribution in [1.82, 2.24) is 9.97 Å². The van der Waals surface area contributed by atoms with E-state index in [2.05, 4.69) is 16.0 Å². The number of carboxylic acids is 1. The number of nitrogens with zero attached hydrogens (tertiary/aromatic N) is 2. The second-order valence-corrected chi connectivity index (χ2v) is 7.06. The molecule has 0 aliphatic rings. The zero-order valence-electron chi connectivity index (χ0n) is 14.3. The van der Waals surface area contributed by atoms with Crippen LogP contribution in [-0.4, -0.2) is 35.0 Å². The van der Waals surface area contributed by atoms with Gasteiger partial charge in [-0.15, -0.1) is 29.8 Å². The third-order valence-corrected chi connectivity index (χ3v) is 4.71. The van der Waals surface area contributed by atoms with Crippen LogP contribution in [0.1, 0.15) is 10.5 Å². The van der Waals surface area contributed by atoms with E-state index in [0.717, 1.165) is 12.1 Å². The van der Waals surface area contributed by atoms with Gasteiger partial charge in [0.2, 0.25) is 9.84 Å². The van der Waals surface area contributed by atoms with Crippen LogP contribution in [-0.2, 0) is 29.9 Å². The van der Waals surface area contributed by atoms with E-state index in [-0.39, 0.29) is 25.8 Å². The number of carbonyl (C=O) groups is 1. The van der Waals surface area contributed by atoms with Crippen molar-refractivity contribution in [2.24, 2.45) is 0 Å². The third kappa shape index (κ3) is 6.45. The Morgan fingerprint density at radius 1 is 0.966 bits per heavy atom. The average molecular weight is 602 g/mol. The normalized spacial score (nSPS) is 10.9. The molecule has 6 nitrogen and oxygen atoms in total. The van der Waals surface area contributed by atoms with Crippen LogP contribution in [0.25, 0.3) is 11.3 Å². The molecule has 0 saturated heterocycles. The summed E-state index contributed by atoms with van der Waals surface area (Å²) in [5.74, 6) is -0.990. The van der Waals surface area contributed by atoms with E-state index in [1.54, 1.807) is 30.3 Å². The van der Waals surface area contributed by atoms with E-state index in [4.69, 9.17) is 5.11 Å². The van der Waals surface area contributed by atoms with E-state index < -0.39 is 26.2 Å². The Hall–Kier alpha value is -2.62. The molecule has 0 unspecified atom stereocenters. The molecule has 29 heavy (non-hydrogen) atoms. The number of aromatic nitrogens is 2. The molecule has 0 aliphatic heterocycles. The van der Waals surface area contributed by atoms with Crippen LogP contribution in [0.5, 0.6) is 0 Å². The molecule has 0 fully saturated rings. The molecule has 0 bridgehead atoms. The van der Waals surface area contributed by atoms with E-state index >= 15 is 0 Å². The molecule has 11 heteroatoms. The van der Waals surface area contributed by atoms with E-state index in [1.807, 2.05) is 0 Å². The summed E-state index contributed by atoms with van der Waals surface area (Å²) in [5, 5.41) is 8.32. The number of pyridine rings is 2. The molecule has 1 N–H and O–H groups in total. The van der Waals surface area contributed by atoms with Gasteiger partial charge in [-0.1, -0.05) is 18.2 Å². The molecule has 1 aromatic carbocycles. The molecule has 0 amide bonds. The first-order valence-electron chi connectivity index (χ1n) is 7.52. The number of halogens is 3. The molecule has 0 spiro atoms. The maximum atomic E-state index is 12.3. The summed E-state index contributed by atoms with van der Waals surface area (Å²) < 4.78 is 59.3. The first kappa shape index (κ1) is 24.4. The minimum Gasteiger partial charge on any atom is -0.477 e. The minimum absolute atomic E-state index is 0. The fourth-order valence-corrected chi connectivity index (χ4v) is 2.61. The molecule has 2 heterocycles. The van der Waals surface area contributed by atoms with Crippen LogP contribution >= 0.6 is 0 Å². The predicted octanol–water partition coefficient (Wildman–Crippen LogP) is 3.62. The number of sulfone groups is 1. The van der Waals surface area contributed by atoms with Crippen LogP contribution in [0, 0.1) is 6.07 Å². The summed E-state index contributed by atoms with van der Waals surface area (Å²) in [6, 6.07) is 15.2. The Balaban J connectivity index is 0.000000355. The second kappa shape index (κ2) is 10.2. The minimum atomic E-state index is -5.33. The van der Waals surface area contributed by atoms with Crippen molar-refractivity contribution in [2.45, 2.75) is 10.4 Å². The van der Waals surface area contributed by atoms with Gasteiger partial charge in [-0.3, -0.25) is 0 Å². The molecular weight excluding hydrogens is 589 g/mol. The van der Waals surface area contributed by atoms with Crippen molar-refractivity contribution in [2.75, 3.05) is 0 Å². The van der Waals surface area contributed by atoms with Gasteiger partial charge in [-0.2, -0.15) is 13.2 Å². The summed E-state index contributed by atoms with van der Waals surface area (Å²) in [4.78, 5) is 16.9. The van der Waals surface area contributed by atoms with Gasteiger partial charge in [-0.25, -0.2) is 18.2 Å². The summed E-state index contributed by atoms with van der Waals surface area (Å²) in [6.07, 6.45) is 2.97. The molecule has 3 rings (SSSR count). The molecule has 0 saturated carbocycles. The number of alkyl halides is 3. The fourth-order valence-electron chi connectivity index (χ4n) is 1.88. The molecule has 2 aromatic heterocycles. The van der Waals surface area contributed by atoms with Crippen molar-refractivity contribution in [3.05, 3.63) is 78.8 Å². The first-order valence-corrected chi connectivity index (χ1v) is 9.00. The monoisotopic (exact) mass is 602 g/mol. The van der Waals surface area contributed by atoms with Crippen LogP contribution in [0.3, 0.4) is 0 Å². The standard InChI is InChI=1S/C12H7F3NO2S.C6H5NO2.Ir/c13-12(14,15)19(17,18)10-6-4-9(5-7-10)11-3-1-2-8-16-11;8-6(9)5-3-1-2-4-7-5;/h1-4,6-8H;1-4H,(H,8,9);/q-1;;. The number of carboxylic acid groups (broad SMARTS) is 1. The summed E-state index contributed by atoms with van der Waals surface area (Å²) in [6.45, 7) is 0. The number of aromatic carboxylic acids is 1. The zero-order valence-corrected chi connectivity index (χ0v) is 17.5. The van der Waals surface area contributed by atoms with E-state index in [9.17, 15) is 26.4 Å². The van der Waals surface area contributed by atoms with Crippen LogP contribution in [0.2, 0.25) is 0 Å². The van der Waals surface area contributed by atoms with Crippen LogP contribution in [0.15, 0.2) is 71.9 Å². The molecule has 0 atom stereocenters. The number of hydrogen-bond donors (Lipinski definition) is 1. The Bertz CT molecular complexity index is 1030. The second-order valence-electron chi connectivity index (χ2n) is 5.12. The number of hydrogen-bond acceptors (Lipinski definition) is 5.